The van der Waals surface area contributed by atoms with E-state index < -0.39 is 81.1 Å². The van der Waals surface area contributed by atoms with Gasteiger partial charge in [-0.15, -0.1) is 0 Å². The third-order valence-electron chi connectivity index (χ3n) is 11.1. The highest BCUT2D eigenvalue weighted by molar-refractivity contribution is 7.91. The lowest BCUT2D eigenvalue weighted by Gasteiger charge is -2.25. The van der Waals surface area contributed by atoms with Crippen molar-refractivity contribution < 1.29 is 45.9 Å². The van der Waals surface area contributed by atoms with Crippen molar-refractivity contribution in [3.8, 4) is 17.1 Å². The second-order valence-electron chi connectivity index (χ2n) is 15.4. The normalized spacial score (nSPS) is 29.0. The van der Waals surface area contributed by atoms with Crippen molar-refractivity contribution in [1.29, 1.82) is 0 Å². The molecule has 4 heterocycles. The highest BCUT2D eigenvalue weighted by Crippen LogP contribution is 2.46. The maximum absolute atomic E-state index is 15.0. The van der Waals surface area contributed by atoms with Crippen LogP contribution in [-0.4, -0.2) is 95.7 Å². The van der Waals surface area contributed by atoms with Gasteiger partial charge in [0.2, 0.25) is 27.7 Å². The van der Waals surface area contributed by atoms with Crippen LogP contribution in [0.2, 0.25) is 0 Å². The molecule has 2 saturated carbocycles. The number of hydrogen-bond acceptors (Lipinski definition) is 10. The third kappa shape index (κ3) is 8.34. The van der Waals surface area contributed by atoms with Gasteiger partial charge in [-0.05, 0) is 68.4 Å². The summed E-state index contributed by atoms with van der Waals surface area (Å²) >= 11 is 0. The maximum atomic E-state index is 15.0. The molecule has 0 radical (unpaired) electrons. The number of amides is 4. The van der Waals surface area contributed by atoms with Crippen LogP contribution < -0.4 is 20.1 Å². The molecular weight excluding hydrogens is 763 g/mol. The van der Waals surface area contributed by atoms with Crippen LogP contribution in [0, 0.1) is 11.8 Å². The minimum absolute atomic E-state index is 0.0118. The van der Waals surface area contributed by atoms with Gasteiger partial charge in [-0.3, -0.25) is 19.1 Å². The lowest BCUT2D eigenvalue weighted by Crippen LogP contribution is -2.55. The highest BCUT2D eigenvalue weighted by atomic mass is 32.2. The first-order valence-corrected chi connectivity index (χ1v) is 20.7. The summed E-state index contributed by atoms with van der Waals surface area (Å²) in [6, 6.07) is 12.4. The second kappa shape index (κ2) is 15.1. The smallest absolute Gasteiger partial charge is 0.408 e. The maximum Gasteiger partial charge on any atom is 0.408 e. The fraction of sp³-hybridized carbons (Fsp3) is 0.450. The number of halogens is 2. The molecule has 8 rings (SSSR count). The molecule has 3 N–H and O–H groups in total. The number of alkyl halides is 2. The minimum atomic E-state index is -3.94. The average molecular weight is 805 g/mol. The lowest BCUT2D eigenvalue weighted by molar-refractivity contribution is -0.134. The largest absolute Gasteiger partial charge is 0.470 e. The number of benzene rings is 2. The van der Waals surface area contributed by atoms with Gasteiger partial charge in [0, 0.05) is 18.0 Å². The van der Waals surface area contributed by atoms with E-state index in [9.17, 15) is 27.6 Å². The van der Waals surface area contributed by atoms with Gasteiger partial charge in [0.05, 0.1) is 28.7 Å². The van der Waals surface area contributed by atoms with Gasteiger partial charge in [0.1, 0.15) is 23.4 Å². The van der Waals surface area contributed by atoms with Crippen LogP contribution in [0.3, 0.4) is 0 Å². The summed E-state index contributed by atoms with van der Waals surface area (Å²) in [6.45, 7) is -1.64. The first kappa shape index (κ1) is 38.4. The van der Waals surface area contributed by atoms with E-state index in [0.29, 0.717) is 66.8 Å². The van der Waals surface area contributed by atoms with Crippen molar-refractivity contribution in [2.24, 2.45) is 11.8 Å². The van der Waals surface area contributed by atoms with Crippen LogP contribution in [0.4, 0.5) is 13.6 Å². The standard InChI is InChI=1S/C40H42F2N6O8S/c41-39(42)18-17-24-9-8-10-25(19-24)33-35(44-30-13-7-6-12-29(30)43-33)56-32-22-48-21-28(32)34(49)46-40(37(51)47-57(53,54)27-15-16-27)20-26(40)11-4-2-1-3-5-14-31(36(48)50)45-38(52)55-23-39/h4,6-13,17-19,26-28,31-32H,1-3,5,14-16,20-23H2,(H,45,52)(H,46,49)(H,47,51)/b11-4+,18-17+/t26-,28?,31+,32+,40+/m1/s1. The molecule has 57 heavy (non-hydrogen) atoms. The van der Waals surface area contributed by atoms with Crippen molar-refractivity contribution in [3.63, 3.8) is 0 Å². The number of alkyl carbamates (subject to hydrolysis) is 1. The summed E-state index contributed by atoms with van der Waals surface area (Å²) in [5.41, 5.74) is 0.519. The molecule has 3 aliphatic heterocycles. The van der Waals surface area contributed by atoms with Gasteiger partial charge in [0.15, 0.2) is 6.61 Å². The summed E-state index contributed by atoms with van der Waals surface area (Å²) in [5, 5.41) is 4.68. The number of allylic oxidation sites excluding steroid dienone is 1. The molecule has 2 aliphatic carbocycles. The number of rotatable bonds is 3. The van der Waals surface area contributed by atoms with Crippen molar-refractivity contribution in [2.75, 3.05) is 19.7 Å². The Bertz CT molecular complexity index is 2280. The minimum Gasteiger partial charge on any atom is -0.470 e. The van der Waals surface area contributed by atoms with Gasteiger partial charge in [0.25, 0.3) is 11.8 Å². The van der Waals surface area contributed by atoms with E-state index in [1.807, 2.05) is 12.2 Å². The number of carbonyl (C=O) groups is 4. The third-order valence-corrected chi connectivity index (χ3v) is 12.9. The van der Waals surface area contributed by atoms with Crippen LogP contribution in [0.15, 0.2) is 66.8 Å². The quantitative estimate of drug-likeness (QED) is 0.323. The predicted octanol–water partition coefficient (Wildman–Crippen LogP) is 4.26. The Hall–Kier alpha value is -5.45. The van der Waals surface area contributed by atoms with Crippen LogP contribution in [0.5, 0.6) is 5.88 Å². The van der Waals surface area contributed by atoms with E-state index in [4.69, 9.17) is 19.4 Å². The predicted molar refractivity (Wildman–Crippen MR) is 203 cm³/mol. The van der Waals surface area contributed by atoms with E-state index in [0.717, 1.165) is 0 Å². The molecule has 17 heteroatoms. The molecule has 2 aromatic carbocycles. The summed E-state index contributed by atoms with van der Waals surface area (Å²) < 4.78 is 69.5. The Balaban J connectivity index is 1.21. The molecule has 1 aromatic heterocycles. The number of nitrogens with one attached hydrogen (secondary N) is 3. The molecule has 5 atom stereocenters. The molecule has 4 amide bonds. The number of para-hydroxylation sites is 2. The topological polar surface area (TPSA) is 186 Å². The van der Waals surface area contributed by atoms with Crippen LogP contribution in [0.1, 0.15) is 56.9 Å². The van der Waals surface area contributed by atoms with E-state index in [1.54, 1.807) is 48.5 Å². The summed E-state index contributed by atoms with van der Waals surface area (Å²) in [5.74, 6) is -7.19. The zero-order chi connectivity index (χ0) is 40.0. The molecule has 5 aliphatic rings. The van der Waals surface area contributed by atoms with E-state index in [2.05, 4.69) is 15.4 Å². The second-order valence-corrected chi connectivity index (χ2v) is 17.3. The number of ether oxygens (including phenoxy) is 2. The molecule has 3 aromatic rings. The lowest BCUT2D eigenvalue weighted by atomic mass is 10.0. The van der Waals surface area contributed by atoms with Crippen LogP contribution in [-0.2, 0) is 29.1 Å². The van der Waals surface area contributed by atoms with Crippen molar-refractivity contribution >= 4 is 50.9 Å². The van der Waals surface area contributed by atoms with E-state index in [1.165, 1.54) is 11.0 Å². The monoisotopic (exact) mass is 804 g/mol. The number of aromatic nitrogens is 2. The van der Waals surface area contributed by atoms with Gasteiger partial charge in [-0.2, -0.15) is 8.78 Å². The number of carbonyl (C=O) groups excluding carboxylic acids is 4. The average Bonchev–Trinajstić information content (AvgIpc) is 4.11. The highest BCUT2D eigenvalue weighted by Gasteiger charge is 2.62. The van der Waals surface area contributed by atoms with Crippen LogP contribution in [0.25, 0.3) is 28.4 Å². The number of hydrogen-bond donors (Lipinski definition) is 3. The summed E-state index contributed by atoms with van der Waals surface area (Å²) in [6.07, 6.45) is 6.90. The van der Waals surface area contributed by atoms with Crippen LogP contribution >= 0.6 is 0 Å². The molecular formula is C40H42F2N6O8S. The molecule has 1 saturated heterocycles. The number of nitrogens with zero attached hydrogens (tertiary/aromatic N) is 3. The van der Waals surface area contributed by atoms with Gasteiger partial charge in [-0.25, -0.2) is 23.2 Å². The summed E-state index contributed by atoms with van der Waals surface area (Å²) in [4.78, 5) is 66.5. The Morgan fingerprint density at radius 1 is 0.965 bits per heavy atom. The van der Waals surface area contributed by atoms with Crippen molar-refractivity contribution in [3.05, 3.63) is 72.3 Å². The van der Waals surface area contributed by atoms with Gasteiger partial charge < -0.3 is 25.0 Å². The molecule has 1 unspecified atom stereocenters. The van der Waals surface area contributed by atoms with Gasteiger partial charge in [-0.1, -0.05) is 61.4 Å². The molecule has 0 spiro atoms. The zero-order valence-corrected chi connectivity index (χ0v) is 31.7. The Morgan fingerprint density at radius 2 is 1.75 bits per heavy atom. The molecule has 6 bridgehead atoms. The summed E-state index contributed by atoms with van der Waals surface area (Å²) in [7, 11) is -3.94. The number of fused-ring (bicyclic) bond motifs is 10. The number of sulfonamides is 1. The first-order valence-electron chi connectivity index (χ1n) is 19.2. The van der Waals surface area contributed by atoms with Crippen molar-refractivity contribution in [1.82, 2.24) is 30.2 Å². The van der Waals surface area contributed by atoms with Crippen molar-refractivity contribution in [2.45, 2.75) is 80.2 Å². The van der Waals surface area contributed by atoms with E-state index in [-0.39, 0.29) is 37.5 Å². The Morgan fingerprint density at radius 3 is 2.54 bits per heavy atom. The molecule has 300 valence electrons. The fourth-order valence-electron chi connectivity index (χ4n) is 7.63. The molecule has 3 fully saturated rings. The number of cyclic esters (lactones) is 1. The van der Waals surface area contributed by atoms with Gasteiger partial charge >= 0.3 is 6.09 Å². The SMILES string of the molecule is O=C1N[C@H]2CCCCC/C=C/[C@@H]3C[C@]3(C(=O)NS(=O)(=O)C3CC3)NC(=O)C3CN(C[C@@H]3Oc3nc4ccccc4nc3-c3cccc(c3)/C=C/C(F)(F)CO1)C2=O. The zero-order valence-electron chi connectivity index (χ0n) is 30.9. The Kier molecular flexibility index (Phi) is 10.2. The van der Waals surface area contributed by atoms with E-state index >= 15 is 8.78 Å². The first-order chi connectivity index (χ1) is 27.3. The Labute approximate surface area is 327 Å². The molecule has 14 nitrogen and oxygen atoms in total. The fourth-order valence-corrected chi connectivity index (χ4v) is 8.99.